The van der Waals surface area contributed by atoms with Crippen LogP contribution in [0.25, 0.3) is 0 Å². The van der Waals surface area contributed by atoms with Crippen molar-refractivity contribution in [2.75, 3.05) is 18.6 Å². The van der Waals surface area contributed by atoms with Crippen LogP contribution in [0.2, 0.25) is 0 Å². The molecule has 0 aliphatic heterocycles. The lowest BCUT2D eigenvalue weighted by atomic mass is 10.2. The summed E-state index contributed by atoms with van der Waals surface area (Å²) in [5.41, 5.74) is 0.692. The van der Waals surface area contributed by atoms with Crippen molar-refractivity contribution < 1.29 is 9.53 Å². The molecule has 0 aliphatic rings. The number of carbonyl (C=O) groups is 1. The number of anilines is 1. The number of hydrogen-bond acceptors (Lipinski definition) is 2. The average Bonchev–Trinajstić information content (AvgIpc) is 2.19. The van der Waals surface area contributed by atoms with Crippen LogP contribution in [-0.2, 0) is 0 Å². The van der Waals surface area contributed by atoms with Gasteiger partial charge in [-0.05, 0) is 30.7 Å². The molecule has 0 N–H and O–H groups in total. The van der Waals surface area contributed by atoms with Gasteiger partial charge in [-0.25, -0.2) is 0 Å². The molecule has 0 spiro atoms. The van der Waals surface area contributed by atoms with Crippen LogP contribution in [0, 0.1) is 0 Å². The molecule has 0 aliphatic carbocycles. The van der Waals surface area contributed by atoms with Crippen LogP contribution >= 0.6 is 11.6 Å². The molecule has 3 nitrogen and oxygen atoms in total. The van der Waals surface area contributed by atoms with E-state index in [0.29, 0.717) is 18.0 Å². The van der Waals surface area contributed by atoms with Gasteiger partial charge in [0.1, 0.15) is 5.75 Å². The molecule has 14 heavy (non-hydrogen) atoms. The first-order valence-electron chi connectivity index (χ1n) is 4.30. The molecular weight excluding hydrogens is 202 g/mol. The van der Waals surface area contributed by atoms with Crippen LogP contribution in [0.3, 0.4) is 0 Å². The number of para-hydroxylation sites is 2. The minimum atomic E-state index is -0.503. The topological polar surface area (TPSA) is 29.5 Å². The molecule has 1 aromatic rings. The van der Waals surface area contributed by atoms with Crippen LogP contribution in [0.15, 0.2) is 24.3 Å². The van der Waals surface area contributed by atoms with Gasteiger partial charge in [0.25, 0.3) is 0 Å². The predicted octanol–water partition coefficient (Wildman–Crippen LogP) is 2.88. The summed E-state index contributed by atoms with van der Waals surface area (Å²) in [4.78, 5) is 12.5. The number of carbonyl (C=O) groups excluding carboxylic acids is 1. The largest absolute Gasteiger partial charge is 0.495 e. The van der Waals surface area contributed by atoms with Crippen LogP contribution in [-0.4, -0.2) is 19.0 Å². The molecular formula is C10H12ClNO2. The summed E-state index contributed by atoms with van der Waals surface area (Å²) in [6, 6.07) is 7.26. The zero-order valence-corrected chi connectivity index (χ0v) is 8.91. The lowest BCUT2D eigenvalue weighted by molar-refractivity contribution is 0.264. The quantitative estimate of drug-likeness (QED) is 0.571. The highest BCUT2D eigenvalue weighted by molar-refractivity contribution is 6.66. The van der Waals surface area contributed by atoms with Crippen LogP contribution in [0.5, 0.6) is 5.75 Å². The van der Waals surface area contributed by atoms with E-state index in [2.05, 4.69) is 0 Å². The molecule has 0 bridgehead atoms. The van der Waals surface area contributed by atoms with E-state index in [9.17, 15) is 4.79 Å². The minimum Gasteiger partial charge on any atom is -0.495 e. The Labute approximate surface area is 88.2 Å². The van der Waals surface area contributed by atoms with Gasteiger partial charge < -0.3 is 4.74 Å². The molecule has 0 aromatic heterocycles. The summed E-state index contributed by atoms with van der Waals surface area (Å²) in [5.74, 6) is 0.642. The summed E-state index contributed by atoms with van der Waals surface area (Å²) in [7, 11) is 1.56. The number of rotatable bonds is 3. The van der Waals surface area contributed by atoms with Crippen LogP contribution in [0.4, 0.5) is 10.5 Å². The highest BCUT2D eigenvalue weighted by atomic mass is 35.5. The number of methoxy groups -OCH3 is 1. The van der Waals surface area contributed by atoms with E-state index in [1.807, 2.05) is 19.1 Å². The van der Waals surface area contributed by atoms with Gasteiger partial charge in [-0.2, -0.15) is 0 Å². The molecule has 76 valence electrons. The Hall–Kier alpha value is -1.22. The average molecular weight is 214 g/mol. The molecule has 0 saturated carbocycles. The van der Waals surface area contributed by atoms with Crippen LogP contribution in [0.1, 0.15) is 6.92 Å². The molecule has 0 fully saturated rings. The zero-order valence-electron chi connectivity index (χ0n) is 8.16. The van der Waals surface area contributed by atoms with E-state index in [1.54, 1.807) is 19.2 Å². The van der Waals surface area contributed by atoms with Gasteiger partial charge in [-0.15, -0.1) is 0 Å². The molecule has 0 heterocycles. The summed E-state index contributed by atoms with van der Waals surface area (Å²) in [5, 5.41) is -0.503. The van der Waals surface area contributed by atoms with Gasteiger partial charge in [-0.1, -0.05) is 12.1 Å². The molecule has 1 rings (SSSR count). The number of hydrogen-bond donors (Lipinski definition) is 0. The standard InChI is InChI=1S/C10H12ClNO2/c1-3-12(10(11)13)8-6-4-5-7-9(8)14-2/h4-7H,3H2,1-2H3. The lowest BCUT2D eigenvalue weighted by Crippen LogP contribution is -2.25. The third-order valence-electron chi connectivity index (χ3n) is 1.90. The van der Waals surface area contributed by atoms with E-state index >= 15 is 0 Å². The Morgan fingerprint density at radius 1 is 1.50 bits per heavy atom. The summed E-state index contributed by atoms with van der Waals surface area (Å²) >= 11 is 5.44. The third-order valence-corrected chi connectivity index (χ3v) is 2.11. The first-order valence-corrected chi connectivity index (χ1v) is 4.68. The van der Waals surface area contributed by atoms with Crippen LogP contribution < -0.4 is 9.64 Å². The maximum absolute atomic E-state index is 11.1. The van der Waals surface area contributed by atoms with Crippen molar-refractivity contribution in [2.24, 2.45) is 0 Å². The minimum absolute atomic E-state index is 0.503. The Morgan fingerprint density at radius 3 is 2.64 bits per heavy atom. The smallest absolute Gasteiger partial charge is 0.320 e. The van der Waals surface area contributed by atoms with Gasteiger partial charge in [0.05, 0.1) is 12.8 Å². The van der Waals surface area contributed by atoms with Crippen molar-refractivity contribution in [1.29, 1.82) is 0 Å². The first kappa shape index (κ1) is 10.9. The fourth-order valence-electron chi connectivity index (χ4n) is 1.24. The number of benzene rings is 1. The molecule has 1 aromatic carbocycles. The monoisotopic (exact) mass is 213 g/mol. The summed E-state index contributed by atoms with van der Waals surface area (Å²) in [6.07, 6.45) is 0. The highest BCUT2D eigenvalue weighted by Gasteiger charge is 2.14. The second kappa shape index (κ2) is 4.86. The van der Waals surface area contributed by atoms with Gasteiger partial charge in [0.2, 0.25) is 0 Å². The molecule has 0 radical (unpaired) electrons. The second-order valence-electron chi connectivity index (χ2n) is 2.67. The number of amides is 1. The van der Waals surface area contributed by atoms with Gasteiger partial charge >= 0.3 is 5.37 Å². The Bertz CT molecular complexity index is 328. The van der Waals surface area contributed by atoms with E-state index in [1.165, 1.54) is 4.90 Å². The van der Waals surface area contributed by atoms with Crippen molar-refractivity contribution in [2.45, 2.75) is 6.92 Å². The first-order chi connectivity index (χ1) is 6.70. The van der Waals surface area contributed by atoms with E-state index in [0.717, 1.165) is 0 Å². The Balaban J connectivity index is 3.08. The third kappa shape index (κ3) is 2.17. The number of halogens is 1. The maximum atomic E-state index is 11.1. The van der Waals surface area contributed by atoms with Crippen molar-refractivity contribution >= 4 is 22.7 Å². The van der Waals surface area contributed by atoms with Crippen molar-refractivity contribution in [1.82, 2.24) is 0 Å². The summed E-state index contributed by atoms with van der Waals surface area (Å²) < 4.78 is 5.13. The van der Waals surface area contributed by atoms with E-state index in [-0.39, 0.29) is 0 Å². The van der Waals surface area contributed by atoms with Crippen molar-refractivity contribution in [3.63, 3.8) is 0 Å². The second-order valence-corrected chi connectivity index (χ2v) is 2.99. The lowest BCUT2D eigenvalue weighted by Gasteiger charge is -2.19. The molecule has 0 saturated heterocycles. The van der Waals surface area contributed by atoms with Gasteiger partial charge in [-0.3, -0.25) is 9.69 Å². The highest BCUT2D eigenvalue weighted by Crippen LogP contribution is 2.28. The maximum Gasteiger partial charge on any atom is 0.320 e. The SMILES string of the molecule is CCN(C(=O)Cl)c1ccccc1OC. The Morgan fingerprint density at radius 2 is 2.14 bits per heavy atom. The number of nitrogens with zero attached hydrogens (tertiary/aromatic N) is 1. The normalized spacial score (nSPS) is 9.64. The van der Waals surface area contributed by atoms with Gasteiger partial charge in [0.15, 0.2) is 0 Å². The molecule has 4 heteroatoms. The Kier molecular flexibility index (Phi) is 3.77. The van der Waals surface area contributed by atoms with Crippen molar-refractivity contribution in [3.05, 3.63) is 24.3 Å². The number of ether oxygens (including phenoxy) is 1. The van der Waals surface area contributed by atoms with E-state index < -0.39 is 5.37 Å². The predicted molar refractivity (Wildman–Crippen MR) is 57.3 cm³/mol. The van der Waals surface area contributed by atoms with E-state index in [4.69, 9.17) is 16.3 Å². The fraction of sp³-hybridized carbons (Fsp3) is 0.300. The van der Waals surface area contributed by atoms with Gasteiger partial charge in [0, 0.05) is 6.54 Å². The molecule has 0 unspecified atom stereocenters. The fourth-order valence-corrected chi connectivity index (χ4v) is 1.45. The molecule has 0 atom stereocenters. The summed E-state index contributed by atoms with van der Waals surface area (Å²) in [6.45, 7) is 2.37. The van der Waals surface area contributed by atoms with Crippen molar-refractivity contribution in [3.8, 4) is 5.75 Å². The molecule has 1 amide bonds. The zero-order chi connectivity index (χ0) is 10.6.